The van der Waals surface area contributed by atoms with Crippen molar-refractivity contribution in [3.63, 3.8) is 0 Å². The molecule has 0 saturated heterocycles. The predicted molar refractivity (Wildman–Crippen MR) is 173 cm³/mol. The summed E-state index contributed by atoms with van der Waals surface area (Å²) in [5, 5.41) is 13.3. The smallest absolute Gasteiger partial charge is 0.0620 e. The van der Waals surface area contributed by atoms with E-state index in [0.717, 1.165) is 0 Å². The Morgan fingerprint density at radius 3 is 1.87 bits per heavy atom. The molecule has 4 heterocycles. The molecule has 0 saturated carbocycles. The van der Waals surface area contributed by atoms with Gasteiger partial charge in [0.1, 0.15) is 0 Å². The summed E-state index contributed by atoms with van der Waals surface area (Å²) < 4.78 is 7.97. The number of hydrogen-bond donors (Lipinski definition) is 0. The zero-order chi connectivity index (χ0) is 25.2. The maximum Gasteiger partial charge on any atom is 0.0620 e. The zero-order valence-electron chi connectivity index (χ0n) is 20.7. The summed E-state index contributed by atoms with van der Waals surface area (Å²) in [6, 6.07) is 43.1. The van der Waals surface area contributed by atoms with Crippen LogP contribution in [0.25, 0.3) is 89.2 Å². The lowest BCUT2D eigenvalue weighted by atomic mass is 10.0. The first kappa shape index (κ1) is 20.5. The first-order valence-corrected chi connectivity index (χ1v) is 14.9. The van der Waals surface area contributed by atoms with E-state index in [1.54, 1.807) is 0 Å². The molecule has 0 aliphatic heterocycles. The van der Waals surface area contributed by atoms with Crippen LogP contribution >= 0.6 is 22.7 Å². The molecule has 6 aromatic carbocycles. The summed E-state index contributed by atoms with van der Waals surface area (Å²) in [6.07, 6.45) is 0. The summed E-state index contributed by atoms with van der Waals surface area (Å²) in [5.74, 6) is 0. The molecule has 0 aliphatic carbocycles. The summed E-state index contributed by atoms with van der Waals surface area (Å²) in [5.41, 5.74) is 3.84. The van der Waals surface area contributed by atoms with Gasteiger partial charge in [-0.25, -0.2) is 0 Å². The van der Waals surface area contributed by atoms with Gasteiger partial charge in [-0.15, -0.1) is 22.7 Å². The second-order valence-corrected chi connectivity index (χ2v) is 12.6. The first-order valence-electron chi connectivity index (χ1n) is 13.3. The topological polar surface area (TPSA) is 4.41 Å². The molecule has 0 N–H and O–H groups in total. The van der Waals surface area contributed by atoms with Gasteiger partial charge in [-0.3, -0.25) is 0 Å². The molecule has 10 aromatic rings. The number of aromatic nitrogens is 1. The van der Waals surface area contributed by atoms with E-state index >= 15 is 0 Å². The molecule has 0 spiro atoms. The average molecular weight is 530 g/mol. The van der Waals surface area contributed by atoms with E-state index < -0.39 is 0 Å². The highest BCUT2D eigenvalue weighted by atomic mass is 32.1. The third kappa shape index (κ3) is 2.46. The van der Waals surface area contributed by atoms with Crippen molar-refractivity contribution < 1.29 is 0 Å². The van der Waals surface area contributed by atoms with E-state index in [2.05, 4.69) is 120 Å². The Morgan fingerprint density at radius 2 is 0.974 bits per heavy atom. The van der Waals surface area contributed by atoms with Gasteiger partial charge >= 0.3 is 0 Å². The molecule has 0 radical (unpaired) electrons. The Balaban J connectivity index is 1.65. The van der Waals surface area contributed by atoms with Crippen molar-refractivity contribution in [1.82, 2.24) is 4.40 Å². The Hall–Kier alpha value is -4.44. The van der Waals surface area contributed by atoms with Gasteiger partial charge in [-0.1, -0.05) is 84.9 Å². The van der Waals surface area contributed by atoms with Crippen molar-refractivity contribution in [3.05, 3.63) is 115 Å². The lowest BCUT2D eigenvalue weighted by Gasteiger charge is -2.04. The number of nitrogens with zero attached hydrogens (tertiary/aromatic N) is 1. The molecule has 0 atom stereocenters. The van der Waals surface area contributed by atoms with Crippen LogP contribution in [0.4, 0.5) is 0 Å². The van der Waals surface area contributed by atoms with E-state index in [9.17, 15) is 0 Å². The van der Waals surface area contributed by atoms with E-state index in [-0.39, 0.29) is 0 Å². The van der Waals surface area contributed by atoms with Crippen LogP contribution in [0.1, 0.15) is 0 Å². The van der Waals surface area contributed by atoms with Crippen LogP contribution in [0.15, 0.2) is 115 Å². The molecule has 0 unspecified atom stereocenters. The normalized spacial score (nSPS) is 12.6. The molecular formula is C36H19NS2. The number of benzene rings is 6. The second-order valence-electron chi connectivity index (χ2n) is 10.4. The van der Waals surface area contributed by atoms with Gasteiger partial charge in [0, 0.05) is 56.5 Å². The summed E-state index contributed by atoms with van der Waals surface area (Å²) in [6.45, 7) is 0. The van der Waals surface area contributed by atoms with Gasteiger partial charge in [-0.2, -0.15) is 0 Å². The molecule has 180 valence electrons. The lowest BCUT2D eigenvalue weighted by Crippen LogP contribution is -1.86. The second kappa shape index (κ2) is 7.15. The SMILES string of the molecule is c1ccc2c(c1)sc1c2ccc2c1c1cccc3c4ccccc4c4cccc5sc6cccc(c6c54)n2c31. The van der Waals surface area contributed by atoms with Crippen molar-refractivity contribution >= 4 is 112 Å². The van der Waals surface area contributed by atoms with Gasteiger partial charge in [-0.05, 0) is 46.5 Å². The minimum absolute atomic E-state index is 1.27. The molecule has 3 heteroatoms. The molecule has 0 fully saturated rings. The fraction of sp³-hybridized carbons (Fsp3) is 0. The van der Waals surface area contributed by atoms with E-state index in [0.29, 0.717) is 0 Å². The third-order valence-electron chi connectivity index (χ3n) is 8.54. The van der Waals surface area contributed by atoms with Crippen molar-refractivity contribution in [2.45, 2.75) is 0 Å². The van der Waals surface area contributed by atoms with Gasteiger partial charge in [0.2, 0.25) is 0 Å². The summed E-state index contributed by atoms with van der Waals surface area (Å²) >= 11 is 3.83. The Kier molecular flexibility index (Phi) is 3.76. The number of fused-ring (bicyclic) bond motifs is 11. The standard InChI is InChI=1S/C36H19NS2/c1-2-9-21-20(8-1)23-11-6-16-30-33(23)34-27(14-7-17-31(34)38-30)37-28-19-18-25-22-10-3-4-15-29(22)39-36(25)32(28)26-13-5-12-24(21)35(26)37/h1-19H. The van der Waals surface area contributed by atoms with Crippen LogP contribution in [0.2, 0.25) is 0 Å². The van der Waals surface area contributed by atoms with E-state index in [1.807, 2.05) is 22.7 Å². The van der Waals surface area contributed by atoms with Gasteiger partial charge < -0.3 is 4.40 Å². The van der Waals surface area contributed by atoms with Crippen LogP contribution in [0.3, 0.4) is 0 Å². The maximum atomic E-state index is 2.57. The monoisotopic (exact) mass is 529 g/mol. The molecule has 0 amide bonds. The molecule has 39 heavy (non-hydrogen) atoms. The average Bonchev–Trinajstić information content (AvgIpc) is 3.66. The van der Waals surface area contributed by atoms with Gasteiger partial charge in [0.15, 0.2) is 0 Å². The van der Waals surface area contributed by atoms with Crippen molar-refractivity contribution in [1.29, 1.82) is 0 Å². The minimum atomic E-state index is 1.27. The highest BCUT2D eigenvalue weighted by Gasteiger charge is 2.20. The van der Waals surface area contributed by atoms with Crippen molar-refractivity contribution in [2.75, 3.05) is 0 Å². The highest BCUT2D eigenvalue weighted by molar-refractivity contribution is 7.27. The third-order valence-corrected chi connectivity index (χ3v) is 10.9. The number of rotatable bonds is 0. The Morgan fingerprint density at radius 1 is 0.359 bits per heavy atom. The molecule has 0 aliphatic rings. The molecule has 10 rings (SSSR count). The highest BCUT2D eigenvalue weighted by Crippen LogP contribution is 2.47. The van der Waals surface area contributed by atoms with E-state index in [4.69, 9.17) is 0 Å². The Bertz CT molecular complexity index is 2660. The largest absolute Gasteiger partial charge is 0.308 e. The first-order chi connectivity index (χ1) is 19.4. The maximum absolute atomic E-state index is 2.57. The lowest BCUT2D eigenvalue weighted by molar-refractivity contribution is 1.36. The minimum Gasteiger partial charge on any atom is -0.308 e. The predicted octanol–water partition coefficient (Wildman–Crippen LogP) is 11.3. The molecular weight excluding hydrogens is 511 g/mol. The van der Waals surface area contributed by atoms with Crippen LogP contribution in [0.5, 0.6) is 0 Å². The number of hydrogen-bond acceptors (Lipinski definition) is 2. The van der Waals surface area contributed by atoms with Gasteiger partial charge in [0.25, 0.3) is 0 Å². The van der Waals surface area contributed by atoms with Crippen LogP contribution in [-0.4, -0.2) is 4.40 Å². The van der Waals surface area contributed by atoms with Crippen LogP contribution in [-0.2, 0) is 0 Å². The molecule has 1 nitrogen and oxygen atoms in total. The number of para-hydroxylation sites is 1. The van der Waals surface area contributed by atoms with Gasteiger partial charge in [0.05, 0.1) is 16.6 Å². The fourth-order valence-corrected chi connectivity index (χ4v) is 9.42. The van der Waals surface area contributed by atoms with Crippen LogP contribution in [0, 0.1) is 0 Å². The van der Waals surface area contributed by atoms with Crippen molar-refractivity contribution in [2.24, 2.45) is 0 Å². The van der Waals surface area contributed by atoms with Crippen molar-refractivity contribution in [3.8, 4) is 0 Å². The Labute approximate surface area is 230 Å². The molecule has 4 aromatic heterocycles. The fourth-order valence-electron chi connectivity index (χ4n) is 7.01. The quantitative estimate of drug-likeness (QED) is 0.184. The summed E-state index contributed by atoms with van der Waals surface area (Å²) in [4.78, 5) is 0. The zero-order valence-corrected chi connectivity index (χ0v) is 22.4. The molecule has 0 bridgehead atoms. The van der Waals surface area contributed by atoms with Crippen LogP contribution < -0.4 is 0 Å². The van der Waals surface area contributed by atoms with E-state index in [1.165, 1.54) is 89.2 Å². The summed E-state index contributed by atoms with van der Waals surface area (Å²) in [7, 11) is 0. The number of thiophene rings is 2.